The molecule has 0 saturated carbocycles. The molecule has 2 rings (SSSR count). The van der Waals surface area contributed by atoms with Gasteiger partial charge < -0.3 is 14.8 Å². The summed E-state index contributed by atoms with van der Waals surface area (Å²) in [4.78, 5) is 23.3. The Labute approximate surface area is 139 Å². The third-order valence-electron chi connectivity index (χ3n) is 3.24. The molecule has 1 N–H and O–H groups in total. The molecule has 126 valence electrons. The van der Waals surface area contributed by atoms with E-state index < -0.39 is 0 Å². The average molecular weight is 329 g/mol. The summed E-state index contributed by atoms with van der Waals surface area (Å²) in [6.45, 7) is 0.627. The molecule has 1 aromatic carbocycles. The second-order valence-electron chi connectivity index (χ2n) is 4.82. The Morgan fingerprint density at radius 2 is 2.04 bits per heavy atom. The van der Waals surface area contributed by atoms with Crippen LogP contribution in [0.1, 0.15) is 5.56 Å². The summed E-state index contributed by atoms with van der Waals surface area (Å²) < 4.78 is 11.7. The third kappa shape index (κ3) is 4.70. The van der Waals surface area contributed by atoms with Gasteiger partial charge in [0, 0.05) is 24.9 Å². The van der Waals surface area contributed by atoms with Crippen molar-refractivity contribution in [3.63, 3.8) is 0 Å². The second kappa shape index (κ2) is 8.52. The maximum atomic E-state index is 11.8. The number of carbonyl (C=O) groups is 1. The number of nitrogens with zero attached hydrogens (tertiary/aromatic N) is 2. The molecule has 0 unspecified atom stereocenters. The van der Waals surface area contributed by atoms with E-state index in [0.29, 0.717) is 24.6 Å². The van der Waals surface area contributed by atoms with Crippen LogP contribution in [0.3, 0.4) is 0 Å². The molecular weight excluding hydrogens is 310 g/mol. The van der Waals surface area contributed by atoms with E-state index in [1.807, 2.05) is 6.07 Å². The normalized spacial score (nSPS) is 10.6. The lowest BCUT2D eigenvalue weighted by Gasteiger charge is -2.07. The molecule has 1 aromatic heterocycles. The average Bonchev–Trinajstić information content (AvgIpc) is 2.61. The van der Waals surface area contributed by atoms with Crippen molar-refractivity contribution < 1.29 is 14.3 Å². The molecule has 0 saturated heterocycles. The molecule has 0 aliphatic rings. The van der Waals surface area contributed by atoms with Gasteiger partial charge in [0.1, 0.15) is 0 Å². The van der Waals surface area contributed by atoms with Crippen LogP contribution in [-0.2, 0) is 11.3 Å². The van der Waals surface area contributed by atoms with E-state index in [1.54, 1.807) is 38.5 Å². The number of aromatic nitrogens is 2. The highest BCUT2D eigenvalue weighted by Crippen LogP contribution is 2.27. The smallest absolute Gasteiger partial charge is 0.266 e. The van der Waals surface area contributed by atoms with Gasteiger partial charge in [0.25, 0.3) is 5.56 Å². The lowest BCUT2D eigenvalue weighted by Crippen LogP contribution is -2.30. The van der Waals surface area contributed by atoms with Crippen molar-refractivity contribution in [2.45, 2.75) is 6.54 Å². The van der Waals surface area contributed by atoms with Crippen LogP contribution in [0.5, 0.6) is 11.5 Å². The Morgan fingerprint density at radius 3 is 2.75 bits per heavy atom. The molecule has 2 aromatic rings. The van der Waals surface area contributed by atoms with Crippen molar-refractivity contribution in [1.29, 1.82) is 0 Å². The summed E-state index contributed by atoms with van der Waals surface area (Å²) in [6, 6.07) is 8.35. The van der Waals surface area contributed by atoms with Crippen molar-refractivity contribution in [2.75, 3.05) is 20.8 Å². The third-order valence-corrected chi connectivity index (χ3v) is 3.24. The van der Waals surface area contributed by atoms with Crippen molar-refractivity contribution in [1.82, 2.24) is 15.1 Å². The Kier molecular flexibility index (Phi) is 6.13. The summed E-state index contributed by atoms with van der Waals surface area (Å²) in [5.41, 5.74) is 0.608. The number of nitrogens with one attached hydrogen (secondary N) is 1. The Bertz CT molecular complexity index is 783. The molecule has 0 bridgehead atoms. The molecule has 0 spiro atoms. The molecule has 0 fully saturated rings. The number of hydrogen-bond donors (Lipinski definition) is 1. The number of carbonyl (C=O) groups excluding carboxylic acids is 1. The minimum Gasteiger partial charge on any atom is -0.493 e. The van der Waals surface area contributed by atoms with Gasteiger partial charge in [0.05, 0.1) is 20.8 Å². The van der Waals surface area contributed by atoms with Crippen LogP contribution >= 0.6 is 0 Å². The van der Waals surface area contributed by atoms with Gasteiger partial charge in [-0.1, -0.05) is 6.07 Å². The molecule has 0 atom stereocenters. The summed E-state index contributed by atoms with van der Waals surface area (Å²) in [6.07, 6.45) is 4.62. The molecule has 24 heavy (non-hydrogen) atoms. The van der Waals surface area contributed by atoms with Gasteiger partial charge in [0.2, 0.25) is 5.91 Å². The topological polar surface area (TPSA) is 82.5 Å². The van der Waals surface area contributed by atoms with Gasteiger partial charge >= 0.3 is 0 Å². The summed E-state index contributed by atoms with van der Waals surface area (Å²) in [5.74, 6) is 0.961. The molecule has 1 amide bonds. The highest BCUT2D eigenvalue weighted by atomic mass is 16.5. The van der Waals surface area contributed by atoms with Crippen LogP contribution in [0.2, 0.25) is 0 Å². The number of rotatable bonds is 7. The van der Waals surface area contributed by atoms with Gasteiger partial charge in [0.15, 0.2) is 11.5 Å². The molecule has 0 aliphatic carbocycles. The Hall–Kier alpha value is -3.09. The fraction of sp³-hybridized carbons (Fsp3) is 0.235. The first-order valence-corrected chi connectivity index (χ1v) is 7.34. The van der Waals surface area contributed by atoms with Gasteiger partial charge in [-0.2, -0.15) is 5.10 Å². The molecule has 0 aliphatic heterocycles. The summed E-state index contributed by atoms with van der Waals surface area (Å²) >= 11 is 0. The zero-order chi connectivity index (χ0) is 17.4. The first-order chi connectivity index (χ1) is 11.6. The fourth-order valence-corrected chi connectivity index (χ4v) is 2.03. The molecule has 7 nitrogen and oxygen atoms in total. The summed E-state index contributed by atoms with van der Waals surface area (Å²) in [5, 5.41) is 6.61. The zero-order valence-electron chi connectivity index (χ0n) is 13.6. The van der Waals surface area contributed by atoms with Crippen LogP contribution < -0.4 is 20.3 Å². The maximum absolute atomic E-state index is 11.8. The zero-order valence-corrected chi connectivity index (χ0v) is 13.6. The van der Waals surface area contributed by atoms with E-state index in [2.05, 4.69) is 10.4 Å². The highest BCUT2D eigenvalue weighted by Gasteiger charge is 2.03. The van der Waals surface area contributed by atoms with Gasteiger partial charge in [-0.25, -0.2) is 4.68 Å². The molecule has 1 heterocycles. The van der Waals surface area contributed by atoms with Crippen molar-refractivity contribution in [3.8, 4) is 11.5 Å². The van der Waals surface area contributed by atoms with Gasteiger partial charge in [-0.05, 0) is 29.8 Å². The predicted molar refractivity (Wildman–Crippen MR) is 90.1 cm³/mol. The Balaban J connectivity index is 1.89. The van der Waals surface area contributed by atoms with E-state index >= 15 is 0 Å². The minimum atomic E-state index is -0.256. The fourth-order valence-electron chi connectivity index (χ4n) is 2.03. The lowest BCUT2D eigenvalue weighted by molar-refractivity contribution is -0.116. The minimum absolute atomic E-state index is 0.201. The van der Waals surface area contributed by atoms with E-state index in [4.69, 9.17) is 9.47 Å². The van der Waals surface area contributed by atoms with Crippen molar-refractivity contribution in [2.24, 2.45) is 0 Å². The van der Waals surface area contributed by atoms with Crippen molar-refractivity contribution in [3.05, 3.63) is 58.5 Å². The monoisotopic (exact) mass is 329 g/mol. The lowest BCUT2D eigenvalue weighted by atomic mass is 10.2. The molecule has 7 heteroatoms. The van der Waals surface area contributed by atoms with E-state index in [0.717, 1.165) is 5.56 Å². The van der Waals surface area contributed by atoms with E-state index in [9.17, 15) is 9.59 Å². The van der Waals surface area contributed by atoms with Crippen LogP contribution in [0.4, 0.5) is 0 Å². The molecule has 0 radical (unpaired) electrons. The SMILES string of the molecule is COc1ccc(/C=C/C(=O)NCCn2ncccc2=O)cc1OC. The van der Waals surface area contributed by atoms with Gasteiger partial charge in [-0.15, -0.1) is 0 Å². The first kappa shape index (κ1) is 17.3. The van der Waals surface area contributed by atoms with Gasteiger partial charge in [-0.3, -0.25) is 9.59 Å². The molecular formula is C17H19N3O4. The predicted octanol–water partition coefficient (Wildman–Crippen LogP) is 1.09. The number of benzene rings is 1. The Morgan fingerprint density at radius 1 is 1.25 bits per heavy atom. The van der Waals surface area contributed by atoms with Crippen LogP contribution in [-0.4, -0.2) is 36.5 Å². The number of ether oxygens (including phenoxy) is 2. The standard InChI is InChI=1S/C17H19N3O4/c1-23-14-7-5-13(12-15(14)24-2)6-8-16(21)18-10-11-20-17(22)4-3-9-19-20/h3-9,12H,10-11H2,1-2H3,(H,18,21)/b8-6+. The van der Waals surface area contributed by atoms with Crippen LogP contribution in [0, 0.1) is 0 Å². The number of amides is 1. The van der Waals surface area contributed by atoms with Crippen molar-refractivity contribution >= 4 is 12.0 Å². The number of methoxy groups -OCH3 is 2. The van der Waals surface area contributed by atoms with Crippen LogP contribution in [0.25, 0.3) is 6.08 Å². The number of hydrogen-bond acceptors (Lipinski definition) is 5. The van der Waals surface area contributed by atoms with E-state index in [1.165, 1.54) is 23.0 Å². The maximum Gasteiger partial charge on any atom is 0.266 e. The van der Waals surface area contributed by atoms with E-state index in [-0.39, 0.29) is 11.5 Å². The quantitative estimate of drug-likeness (QED) is 0.769. The second-order valence-corrected chi connectivity index (χ2v) is 4.82. The van der Waals surface area contributed by atoms with Crippen LogP contribution in [0.15, 0.2) is 47.4 Å². The largest absolute Gasteiger partial charge is 0.493 e. The highest BCUT2D eigenvalue weighted by molar-refractivity contribution is 5.91. The summed E-state index contributed by atoms with van der Waals surface area (Å²) in [7, 11) is 3.12. The first-order valence-electron chi connectivity index (χ1n) is 7.34.